The standard InChI is InChI=1S/C15H19NO4/c1-9(2)15(18)16(4)10(3)14(17)11-5-6-12-13(7-11)20-8-19-12/h5-7,9-10H,8H2,1-4H3. The first-order valence-electron chi connectivity index (χ1n) is 6.62. The van der Waals surface area contributed by atoms with Gasteiger partial charge in [0.05, 0.1) is 6.04 Å². The number of rotatable bonds is 4. The van der Waals surface area contributed by atoms with Crippen LogP contribution < -0.4 is 9.47 Å². The Bertz CT molecular complexity index is 539. The number of nitrogens with zero attached hydrogens (tertiary/aromatic N) is 1. The molecule has 1 aliphatic rings. The number of likely N-dealkylation sites (N-methyl/N-ethyl adjacent to an activating group) is 1. The molecule has 2 rings (SSSR count). The van der Waals surface area contributed by atoms with Gasteiger partial charge < -0.3 is 14.4 Å². The normalized spacial score (nSPS) is 14.2. The first-order valence-corrected chi connectivity index (χ1v) is 6.62. The van der Waals surface area contributed by atoms with Gasteiger partial charge in [-0.2, -0.15) is 0 Å². The van der Waals surface area contributed by atoms with Crippen LogP contribution in [0.25, 0.3) is 0 Å². The minimum atomic E-state index is -0.509. The number of ketones is 1. The minimum Gasteiger partial charge on any atom is -0.454 e. The first kappa shape index (κ1) is 14.4. The van der Waals surface area contributed by atoms with Gasteiger partial charge in [-0.05, 0) is 25.1 Å². The second kappa shape index (κ2) is 5.53. The van der Waals surface area contributed by atoms with E-state index in [1.807, 2.05) is 13.8 Å². The highest BCUT2D eigenvalue weighted by Gasteiger charge is 2.26. The summed E-state index contributed by atoms with van der Waals surface area (Å²) in [4.78, 5) is 25.8. The Kier molecular flexibility index (Phi) is 3.97. The van der Waals surface area contributed by atoms with E-state index >= 15 is 0 Å². The van der Waals surface area contributed by atoms with Crippen molar-refractivity contribution < 1.29 is 19.1 Å². The van der Waals surface area contributed by atoms with Gasteiger partial charge in [0.1, 0.15) is 0 Å². The molecule has 0 radical (unpaired) electrons. The van der Waals surface area contributed by atoms with Crippen LogP contribution in [0.1, 0.15) is 31.1 Å². The van der Waals surface area contributed by atoms with Crippen molar-refractivity contribution in [2.45, 2.75) is 26.8 Å². The lowest BCUT2D eigenvalue weighted by atomic mass is 10.0. The Balaban J connectivity index is 2.16. The molecule has 1 unspecified atom stereocenters. The van der Waals surface area contributed by atoms with Gasteiger partial charge >= 0.3 is 0 Å². The fourth-order valence-corrected chi connectivity index (χ4v) is 2.07. The highest BCUT2D eigenvalue weighted by molar-refractivity contribution is 6.02. The zero-order valence-electron chi connectivity index (χ0n) is 12.2. The van der Waals surface area contributed by atoms with E-state index in [0.29, 0.717) is 17.1 Å². The Hall–Kier alpha value is -2.04. The molecule has 0 fully saturated rings. The van der Waals surface area contributed by atoms with Gasteiger partial charge in [-0.25, -0.2) is 0 Å². The van der Waals surface area contributed by atoms with Crippen LogP contribution in [-0.4, -0.2) is 36.5 Å². The van der Waals surface area contributed by atoms with Crippen molar-refractivity contribution in [2.24, 2.45) is 5.92 Å². The van der Waals surface area contributed by atoms with Crippen molar-refractivity contribution in [1.82, 2.24) is 4.90 Å². The zero-order chi connectivity index (χ0) is 14.9. The largest absolute Gasteiger partial charge is 0.454 e. The summed E-state index contributed by atoms with van der Waals surface area (Å²) >= 11 is 0. The van der Waals surface area contributed by atoms with Crippen molar-refractivity contribution >= 4 is 11.7 Å². The zero-order valence-corrected chi connectivity index (χ0v) is 12.2. The third-order valence-electron chi connectivity index (χ3n) is 3.46. The number of amides is 1. The molecule has 0 saturated heterocycles. The lowest BCUT2D eigenvalue weighted by Gasteiger charge is -2.25. The Morgan fingerprint density at radius 3 is 2.45 bits per heavy atom. The maximum absolute atomic E-state index is 12.4. The van der Waals surface area contributed by atoms with Gasteiger partial charge in [-0.15, -0.1) is 0 Å². The molecule has 0 N–H and O–H groups in total. The van der Waals surface area contributed by atoms with Crippen LogP contribution in [0.15, 0.2) is 18.2 Å². The molecule has 1 aliphatic heterocycles. The number of ether oxygens (including phenoxy) is 2. The van der Waals surface area contributed by atoms with Crippen molar-refractivity contribution in [3.8, 4) is 11.5 Å². The van der Waals surface area contributed by atoms with Crippen LogP contribution >= 0.6 is 0 Å². The number of hydrogen-bond donors (Lipinski definition) is 0. The van der Waals surface area contributed by atoms with E-state index in [9.17, 15) is 9.59 Å². The second-order valence-electron chi connectivity index (χ2n) is 5.21. The second-order valence-corrected chi connectivity index (χ2v) is 5.21. The molecular weight excluding hydrogens is 258 g/mol. The Morgan fingerprint density at radius 1 is 1.15 bits per heavy atom. The van der Waals surface area contributed by atoms with Crippen molar-refractivity contribution in [3.05, 3.63) is 23.8 Å². The molecule has 1 aromatic rings. The molecule has 20 heavy (non-hydrogen) atoms. The summed E-state index contributed by atoms with van der Waals surface area (Å²) in [6, 6.07) is 4.56. The van der Waals surface area contributed by atoms with Crippen LogP contribution in [0.2, 0.25) is 0 Å². The molecule has 1 aromatic carbocycles. The van der Waals surface area contributed by atoms with Gasteiger partial charge in [0.25, 0.3) is 0 Å². The number of fused-ring (bicyclic) bond motifs is 1. The average molecular weight is 277 g/mol. The van der Waals surface area contributed by atoms with Crippen LogP contribution in [0.3, 0.4) is 0 Å². The Morgan fingerprint density at radius 2 is 1.80 bits per heavy atom. The van der Waals surface area contributed by atoms with E-state index in [-0.39, 0.29) is 24.4 Å². The van der Waals surface area contributed by atoms with Gasteiger partial charge in [-0.1, -0.05) is 13.8 Å². The van der Waals surface area contributed by atoms with E-state index in [1.165, 1.54) is 4.90 Å². The number of hydrogen-bond acceptors (Lipinski definition) is 4. The van der Waals surface area contributed by atoms with Crippen LogP contribution in [0.4, 0.5) is 0 Å². The molecule has 108 valence electrons. The SMILES string of the molecule is CC(C)C(=O)N(C)C(C)C(=O)c1ccc2c(c1)OCO2. The van der Waals surface area contributed by atoms with Crippen LogP contribution in [-0.2, 0) is 4.79 Å². The lowest BCUT2D eigenvalue weighted by molar-refractivity contribution is -0.134. The predicted molar refractivity (Wildman–Crippen MR) is 74.0 cm³/mol. The molecule has 0 saturated carbocycles. The van der Waals surface area contributed by atoms with Gasteiger partial charge in [-0.3, -0.25) is 9.59 Å². The van der Waals surface area contributed by atoms with Gasteiger partial charge in [0, 0.05) is 18.5 Å². The van der Waals surface area contributed by atoms with E-state index in [4.69, 9.17) is 9.47 Å². The lowest BCUT2D eigenvalue weighted by Crippen LogP contribution is -2.42. The molecule has 0 spiro atoms. The quantitative estimate of drug-likeness (QED) is 0.791. The van der Waals surface area contributed by atoms with Gasteiger partial charge in [0.15, 0.2) is 17.3 Å². The molecule has 0 aromatic heterocycles. The van der Waals surface area contributed by atoms with E-state index in [1.54, 1.807) is 32.2 Å². The molecule has 5 nitrogen and oxygen atoms in total. The predicted octanol–water partition coefficient (Wildman–Crippen LogP) is 2.10. The van der Waals surface area contributed by atoms with Crippen LogP contribution in [0.5, 0.6) is 11.5 Å². The maximum atomic E-state index is 12.4. The first-order chi connectivity index (χ1) is 9.41. The fourth-order valence-electron chi connectivity index (χ4n) is 2.07. The van der Waals surface area contributed by atoms with Crippen molar-refractivity contribution in [3.63, 3.8) is 0 Å². The third-order valence-corrected chi connectivity index (χ3v) is 3.46. The van der Waals surface area contributed by atoms with E-state index in [2.05, 4.69) is 0 Å². The highest BCUT2D eigenvalue weighted by atomic mass is 16.7. The Labute approximate surface area is 118 Å². The molecule has 0 bridgehead atoms. The molecule has 5 heteroatoms. The molecule has 1 heterocycles. The summed E-state index contributed by atoms with van der Waals surface area (Å²) in [5.74, 6) is 0.917. The van der Waals surface area contributed by atoms with Gasteiger partial charge in [0.2, 0.25) is 12.7 Å². The monoisotopic (exact) mass is 277 g/mol. The van der Waals surface area contributed by atoms with Crippen LogP contribution in [0, 0.1) is 5.92 Å². The summed E-state index contributed by atoms with van der Waals surface area (Å²) in [7, 11) is 1.65. The number of benzene rings is 1. The third kappa shape index (κ3) is 2.61. The molecule has 1 atom stereocenters. The fraction of sp³-hybridized carbons (Fsp3) is 0.467. The topological polar surface area (TPSA) is 55.8 Å². The molecular formula is C15H19NO4. The summed E-state index contributed by atoms with van der Waals surface area (Å²) < 4.78 is 10.5. The maximum Gasteiger partial charge on any atom is 0.231 e. The number of Topliss-reactive ketones (excluding diaryl/α,β-unsaturated/α-hetero) is 1. The van der Waals surface area contributed by atoms with E-state index in [0.717, 1.165) is 0 Å². The highest BCUT2D eigenvalue weighted by Crippen LogP contribution is 2.33. The smallest absolute Gasteiger partial charge is 0.231 e. The van der Waals surface area contributed by atoms with Crippen molar-refractivity contribution in [1.29, 1.82) is 0 Å². The number of carbonyl (C=O) groups is 2. The summed E-state index contributed by atoms with van der Waals surface area (Å²) in [6.45, 7) is 5.54. The molecule has 0 aliphatic carbocycles. The summed E-state index contributed by atoms with van der Waals surface area (Å²) in [5, 5.41) is 0. The summed E-state index contributed by atoms with van der Waals surface area (Å²) in [6.07, 6.45) is 0. The summed E-state index contributed by atoms with van der Waals surface area (Å²) in [5.41, 5.74) is 0.519. The van der Waals surface area contributed by atoms with Crippen molar-refractivity contribution in [2.75, 3.05) is 13.8 Å². The molecule has 1 amide bonds. The van der Waals surface area contributed by atoms with E-state index < -0.39 is 6.04 Å². The number of carbonyl (C=O) groups excluding carboxylic acids is 2. The average Bonchev–Trinajstić information content (AvgIpc) is 2.91. The minimum absolute atomic E-state index is 0.0495.